The second-order valence-electron chi connectivity index (χ2n) is 9.89. The molecule has 4 heteroatoms. The molecular formula is C22H35N3S. The van der Waals surface area contributed by atoms with Crippen LogP contribution in [0.3, 0.4) is 0 Å². The first-order valence-corrected chi connectivity index (χ1v) is 11.5. The minimum Gasteiger partial charge on any atom is -0.274 e. The Morgan fingerprint density at radius 3 is 2.38 bits per heavy atom. The maximum Gasteiger partial charge on any atom is 0.200 e. The van der Waals surface area contributed by atoms with Gasteiger partial charge < -0.3 is 0 Å². The van der Waals surface area contributed by atoms with Crippen LogP contribution in [-0.2, 0) is 12.0 Å². The van der Waals surface area contributed by atoms with Crippen LogP contribution in [-0.4, -0.2) is 9.78 Å². The van der Waals surface area contributed by atoms with Crippen LogP contribution >= 0.6 is 11.3 Å². The Balaban J connectivity index is 1.40. The molecule has 4 aliphatic carbocycles. The summed E-state index contributed by atoms with van der Waals surface area (Å²) in [6, 6.07) is 0. The Morgan fingerprint density at radius 1 is 1.19 bits per heavy atom. The highest BCUT2D eigenvalue weighted by molar-refractivity contribution is 7.08. The van der Waals surface area contributed by atoms with Crippen molar-refractivity contribution in [3.8, 4) is 0 Å². The van der Waals surface area contributed by atoms with Crippen LogP contribution in [0.15, 0.2) is 11.6 Å². The highest BCUT2D eigenvalue weighted by Gasteiger charge is 2.53. The van der Waals surface area contributed by atoms with Crippen LogP contribution in [0.1, 0.15) is 83.6 Å². The molecule has 0 saturated heterocycles. The van der Waals surface area contributed by atoms with Crippen molar-refractivity contribution in [3.63, 3.8) is 0 Å². The van der Waals surface area contributed by atoms with Gasteiger partial charge in [-0.3, -0.25) is 5.41 Å². The summed E-state index contributed by atoms with van der Waals surface area (Å²) in [5, 5.41) is 14.8. The lowest BCUT2D eigenvalue weighted by molar-refractivity contribution is -0.00587. The minimum atomic E-state index is 0.343. The van der Waals surface area contributed by atoms with Crippen molar-refractivity contribution >= 4 is 11.3 Å². The molecular weight excluding hydrogens is 338 g/mol. The third-order valence-electron chi connectivity index (χ3n) is 7.18. The van der Waals surface area contributed by atoms with E-state index in [4.69, 9.17) is 10.5 Å². The summed E-state index contributed by atoms with van der Waals surface area (Å²) in [6.07, 6.45) is 14.4. The molecule has 0 aliphatic heterocycles. The number of allylic oxidation sites excluding steroid dienone is 2. The molecule has 3 nitrogen and oxygen atoms in total. The Hall–Kier alpha value is -0.900. The van der Waals surface area contributed by atoms with Crippen molar-refractivity contribution in [3.05, 3.63) is 21.5 Å². The average molecular weight is 374 g/mol. The van der Waals surface area contributed by atoms with Crippen molar-refractivity contribution < 1.29 is 0 Å². The monoisotopic (exact) mass is 373 g/mol. The molecule has 0 unspecified atom stereocenters. The number of aryl methyl sites for hydroxylation is 1. The smallest absolute Gasteiger partial charge is 0.200 e. The van der Waals surface area contributed by atoms with E-state index in [0.717, 1.165) is 30.7 Å². The molecule has 1 aromatic heterocycles. The van der Waals surface area contributed by atoms with E-state index in [-0.39, 0.29) is 0 Å². The van der Waals surface area contributed by atoms with E-state index >= 15 is 0 Å². The molecule has 26 heavy (non-hydrogen) atoms. The van der Waals surface area contributed by atoms with E-state index in [0.29, 0.717) is 16.1 Å². The number of aromatic nitrogens is 2. The molecule has 4 saturated carbocycles. The first-order chi connectivity index (χ1) is 12.4. The number of nitrogens with zero attached hydrogens (tertiary/aromatic N) is 2. The second kappa shape index (κ2) is 7.26. The summed E-state index contributed by atoms with van der Waals surface area (Å²) in [5.41, 5.74) is 1.76. The van der Waals surface area contributed by atoms with Crippen molar-refractivity contribution in [2.75, 3.05) is 0 Å². The molecule has 4 bridgehead atoms. The lowest BCUT2D eigenvalue weighted by Crippen LogP contribution is -2.48. The summed E-state index contributed by atoms with van der Waals surface area (Å²) >= 11 is 1.69. The Morgan fingerprint density at radius 2 is 1.81 bits per heavy atom. The van der Waals surface area contributed by atoms with E-state index in [1.54, 1.807) is 11.3 Å². The lowest BCUT2D eigenvalue weighted by Gasteiger charge is -2.55. The first-order valence-electron chi connectivity index (χ1n) is 10.7. The predicted octanol–water partition coefficient (Wildman–Crippen LogP) is 5.66. The van der Waals surface area contributed by atoms with Gasteiger partial charge in [0.25, 0.3) is 0 Å². The molecule has 1 N–H and O–H groups in total. The van der Waals surface area contributed by atoms with Gasteiger partial charge in [-0.05, 0) is 95.3 Å². The maximum absolute atomic E-state index is 8.45. The van der Waals surface area contributed by atoms with Gasteiger partial charge in [-0.25, -0.2) is 4.68 Å². The molecule has 144 valence electrons. The zero-order valence-electron chi connectivity index (χ0n) is 16.8. The normalized spacial score (nSPS) is 33.4. The van der Waals surface area contributed by atoms with Gasteiger partial charge in [-0.2, -0.15) is 5.10 Å². The van der Waals surface area contributed by atoms with Gasteiger partial charge in [0.05, 0.1) is 0 Å². The second-order valence-corrected chi connectivity index (χ2v) is 10.9. The van der Waals surface area contributed by atoms with Gasteiger partial charge in [-0.1, -0.05) is 29.9 Å². The van der Waals surface area contributed by atoms with Crippen molar-refractivity contribution in [2.45, 2.75) is 90.5 Å². The summed E-state index contributed by atoms with van der Waals surface area (Å²) in [5.74, 6) is 3.54. The molecule has 4 fully saturated rings. The predicted molar refractivity (Wildman–Crippen MR) is 108 cm³/mol. The Bertz CT molecular complexity index is 687. The number of rotatable bonds is 7. The van der Waals surface area contributed by atoms with Crippen LogP contribution in [0.2, 0.25) is 0 Å². The largest absolute Gasteiger partial charge is 0.274 e. The van der Waals surface area contributed by atoms with Gasteiger partial charge in [0, 0.05) is 12.0 Å². The first kappa shape index (κ1) is 18.5. The molecule has 1 heterocycles. The topological polar surface area (TPSA) is 41.7 Å². The van der Waals surface area contributed by atoms with Gasteiger partial charge >= 0.3 is 0 Å². The van der Waals surface area contributed by atoms with Crippen LogP contribution in [0.4, 0.5) is 0 Å². The maximum atomic E-state index is 8.45. The fraction of sp³-hybridized carbons (Fsp3) is 0.818. The van der Waals surface area contributed by atoms with E-state index in [1.165, 1.54) is 61.9 Å². The number of hydrogen-bond acceptors (Lipinski definition) is 3. The van der Waals surface area contributed by atoms with Crippen LogP contribution in [0, 0.1) is 29.1 Å². The Kier molecular flexibility index (Phi) is 5.15. The van der Waals surface area contributed by atoms with Gasteiger partial charge in [0.15, 0.2) is 4.80 Å². The third-order valence-corrected chi connectivity index (χ3v) is 8.29. The zero-order valence-corrected chi connectivity index (χ0v) is 17.6. The minimum absolute atomic E-state index is 0.343. The highest BCUT2D eigenvalue weighted by atomic mass is 32.1. The van der Waals surface area contributed by atoms with Crippen molar-refractivity contribution in [1.29, 1.82) is 5.41 Å². The Labute approximate surface area is 162 Å². The van der Waals surface area contributed by atoms with Gasteiger partial charge in [0.1, 0.15) is 5.01 Å². The highest BCUT2D eigenvalue weighted by Crippen LogP contribution is 2.60. The summed E-state index contributed by atoms with van der Waals surface area (Å²) in [6.45, 7) is 7.61. The van der Waals surface area contributed by atoms with E-state index in [1.807, 2.05) is 4.68 Å². The van der Waals surface area contributed by atoms with Crippen LogP contribution < -0.4 is 4.80 Å². The SMILES string of the molecule is CC(C)=CCC[C@H](C)CCn1nc(C23CC4CC(CC(C4)C2)C3)sc1=N. The number of nitrogens with one attached hydrogen (secondary N) is 1. The summed E-state index contributed by atoms with van der Waals surface area (Å²) < 4.78 is 2.01. The van der Waals surface area contributed by atoms with Gasteiger partial charge in [-0.15, -0.1) is 0 Å². The lowest BCUT2D eigenvalue weighted by atomic mass is 9.50. The zero-order chi connectivity index (χ0) is 18.3. The third kappa shape index (κ3) is 3.72. The van der Waals surface area contributed by atoms with E-state index < -0.39 is 0 Å². The van der Waals surface area contributed by atoms with Crippen LogP contribution in [0.5, 0.6) is 0 Å². The molecule has 5 rings (SSSR count). The average Bonchev–Trinajstić information content (AvgIpc) is 2.93. The molecule has 0 spiro atoms. The standard InChI is InChI=1S/C22H35N3S/c1-15(2)5-4-6-16(3)7-8-25-21(23)26-20(24-25)22-12-17-9-18(13-22)11-19(10-17)14-22/h5,16-19,23H,4,6-14H2,1-3H3/t16-,17?,18?,19?,22?/m0/s1. The molecule has 0 amide bonds. The fourth-order valence-corrected chi connectivity index (χ4v) is 7.23. The van der Waals surface area contributed by atoms with Crippen molar-refractivity contribution in [1.82, 2.24) is 9.78 Å². The fourth-order valence-electron chi connectivity index (χ4n) is 6.20. The molecule has 1 atom stereocenters. The molecule has 0 radical (unpaired) electrons. The van der Waals surface area contributed by atoms with E-state index in [2.05, 4.69) is 26.8 Å². The van der Waals surface area contributed by atoms with Crippen molar-refractivity contribution in [2.24, 2.45) is 23.7 Å². The molecule has 1 aromatic rings. The van der Waals surface area contributed by atoms with E-state index in [9.17, 15) is 0 Å². The number of hydrogen-bond donors (Lipinski definition) is 1. The summed E-state index contributed by atoms with van der Waals surface area (Å²) in [4.78, 5) is 0.673. The van der Waals surface area contributed by atoms with Gasteiger partial charge in [0.2, 0.25) is 0 Å². The molecule has 4 aliphatic rings. The molecule has 0 aromatic carbocycles. The van der Waals surface area contributed by atoms with Crippen LogP contribution in [0.25, 0.3) is 0 Å². The summed E-state index contributed by atoms with van der Waals surface area (Å²) in [7, 11) is 0. The quantitative estimate of drug-likeness (QED) is 0.615.